The van der Waals surface area contributed by atoms with Gasteiger partial charge in [-0.3, -0.25) is 4.90 Å². The molecule has 0 radical (unpaired) electrons. The Kier molecular flexibility index (Phi) is 6.30. The summed E-state index contributed by atoms with van der Waals surface area (Å²) in [5.74, 6) is 1.25. The number of fused-ring (bicyclic) bond motifs is 1. The van der Waals surface area contributed by atoms with Crippen LogP contribution in [0, 0.1) is 11.3 Å². The number of aromatic nitrogens is 2. The fourth-order valence-corrected chi connectivity index (χ4v) is 4.21. The van der Waals surface area contributed by atoms with Gasteiger partial charge < -0.3 is 19.5 Å². The average molecular weight is 444 g/mol. The standard InChI is InChI=1S/C22H26ClN5O3/c1-22(2)21(29)20(16-13-15(14-24)3-4-17(16)31-22)28(19-6-5-18(23)25-26-19)8-7-27-9-11-30-12-10-27/h3-6,13,20-21,29H,7-12H2,1-2H3/t20?,21-/m1/s1. The summed E-state index contributed by atoms with van der Waals surface area (Å²) in [6.07, 6.45) is -0.865. The molecule has 1 fully saturated rings. The Morgan fingerprint density at radius 3 is 2.71 bits per heavy atom. The topological polar surface area (TPSA) is 94.7 Å². The molecule has 4 rings (SSSR count). The third-order valence-corrected chi connectivity index (χ3v) is 6.05. The highest BCUT2D eigenvalue weighted by Gasteiger charge is 2.46. The lowest BCUT2D eigenvalue weighted by Gasteiger charge is -2.47. The Morgan fingerprint density at radius 2 is 2.03 bits per heavy atom. The Bertz CT molecular complexity index is 957. The van der Waals surface area contributed by atoms with E-state index in [1.54, 1.807) is 30.3 Å². The van der Waals surface area contributed by atoms with Gasteiger partial charge in [-0.25, -0.2) is 0 Å². The second-order valence-electron chi connectivity index (χ2n) is 8.32. The molecule has 31 heavy (non-hydrogen) atoms. The molecule has 0 spiro atoms. The first kappa shape index (κ1) is 21.8. The van der Waals surface area contributed by atoms with Crippen LogP contribution in [-0.2, 0) is 4.74 Å². The highest BCUT2D eigenvalue weighted by atomic mass is 35.5. The van der Waals surface area contributed by atoms with Crippen LogP contribution in [0.2, 0.25) is 5.15 Å². The van der Waals surface area contributed by atoms with Crippen molar-refractivity contribution in [3.05, 3.63) is 46.6 Å². The first-order valence-electron chi connectivity index (χ1n) is 10.4. The van der Waals surface area contributed by atoms with Gasteiger partial charge in [-0.1, -0.05) is 11.6 Å². The summed E-state index contributed by atoms with van der Waals surface area (Å²) in [4.78, 5) is 4.36. The predicted molar refractivity (Wildman–Crippen MR) is 116 cm³/mol. The lowest BCUT2D eigenvalue weighted by molar-refractivity contribution is -0.0592. The van der Waals surface area contributed by atoms with Crippen molar-refractivity contribution >= 4 is 17.4 Å². The lowest BCUT2D eigenvalue weighted by atomic mass is 9.85. The van der Waals surface area contributed by atoms with Crippen molar-refractivity contribution in [1.82, 2.24) is 15.1 Å². The summed E-state index contributed by atoms with van der Waals surface area (Å²) < 4.78 is 11.5. The first-order chi connectivity index (χ1) is 14.9. The number of halogens is 1. The summed E-state index contributed by atoms with van der Waals surface area (Å²) in [6.45, 7) is 8.23. The van der Waals surface area contributed by atoms with Crippen LogP contribution in [0.1, 0.15) is 31.0 Å². The van der Waals surface area contributed by atoms with E-state index >= 15 is 0 Å². The van der Waals surface area contributed by atoms with Gasteiger partial charge in [-0.2, -0.15) is 5.26 Å². The van der Waals surface area contributed by atoms with Crippen molar-refractivity contribution in [1.29, 1.82) is 5.26 Å². The van der Waals surface area contributed by atoms with Crippen LogP contribution >= 0.6 is 11.6 Å². The molecule has 164 valence electrons. The van der Waals surface area contributed by atoms with Gasteiger partial charge in [-0.05, 0) is 44.2 Å². The van der Waals surface area contributed by atoms with E-state index in [0.29, 0.717) is 42.0 Å². The smallest absolute Gasteiger partial charge is 0.151 e. The predicted octanol–water partition coefficient (Wildman–Crippen LogP) is 2.41. The van der Waals surface area contributed by atoms with Gasteiger partial charge in [0, 0.05) is 31.7 Å². The minimum absolute atomic E-state index is 0.303. The molecule has 2 aliphatic rings. The summed E-state index contributed by atoms with van der Waals surface area (Å²) in [6, 6.07) is 10.5. The molecule has 0 bridgehead atoms. The normalized spacial score (nSPS) is 22.8. The maximum absolute atomic E-state index is 11.4. The molecule has 1 unspecified atom stereocenters. The number of ether oxygens (including phenoxy) is 2. The number of aliphatic hydroxyl groups is 1. The maximum Gasteiger partial charge on any atom is 0.151 e. The van der Waals surface area contributed by atoms with Crippen molar-refractivity contribution in [2.24, 2.45) is 0 Å². The lowest BCUT2D eigenvalue weighted by Crippen LogP contribution is -2.55. The van der Waals surface area contributed by atoms with Gasteiger partial charge in [0.2, 0.25) is 0 Å². The van der Waals surface area contributed by atoms with Gasteiger partial charge in [-0.15, -0.1) is 10.2 Å². The van der Waals surface area contributed by atoms with Gasteiger partial charge in [0.05, 0.1) is 30.9 Å². The molecule has 1 aromatic heterocycles. The number of aliphatic hydroxyl groups excluding tert-OH is 1. The van der Waals surface area contributed by atoms with Gasteiger partial charge in [0.25, 0.3) is 0 Å². The maximum atomic E-state index is 11.4. The summed E-state index contributed by atoms with van der Waals surface area (Å²) >= 11 is 5.98. The Labute approximate surface area is 187 Å². The van der Waals surface area contributed by atoms with E-state index in [-0.39, 0.29) is 0 Å². The molecular weight excluding hydrogens is 418 g/mol. The third kappa shape index (κ3) is 4.60. The molecule has 2 aromatic rings. The monoisotopic (exact) mass is 443 g/mol. The third-order valence-electron chi connectivity index (χ3n) is 5.85. The van der Waals surface area contributed by atoms with E-state index in [2.05, 4.69) is 21.2 Å². The van der Waals surface area contributed by atoms with Crippen molar-refractivity contribution in [3.63, 3.8) is 0 Å². The molecule has 0 amide bonds. The van der Waals surface area contributed by atoms with E-state index in [0.717, 1.165) is 25.2 Å². The molecular formula is C22H26ClN5O3. The average Bonchev–Trinajstić information content (AvgIpc) is 2.77. The van der Waals surface area contributed by atoms with Crippen molar-refractivity contribution in [3.8, 4) is 11.8 Å². The van der Waals surface area contributed by atoms with Crippen LogP contribution in [0.4, 0.5) is 5.82 Å². The number of hydrogen-bond acceptors (Lipinski definition) is 8. The van der Waals surface area contributed by atoms with Crippen LogP contribution in [0.15, 0.2) is 30.3 Å². The van der Waals surface area contributed by atoms with Crippen molar-refractivity contribution in [2.45, 2.75) is 31.6 Å². The Morgan fingerprint density at radius 1 is 1.26 bits per heavy atom. The molecule has 0 aliphatic carbocycles. The van der Waals surface area contributed by atoms with E-state index in [1.165, 1.54) is 0 Å². The zero-order valence-corrected chi connectivity index (χ0v) is 18.4. The largest absolute Gasteiger partial charge is 0.485 e. The fraction of sp³-hybridized carbons (Fsp3) is 0.500. The summed E-state index contributed by atoms with van der Waals surface area (Å²) in [7, 11) is 0. The van der Waals surface area contributed by atoms with Gasteiger partial charge >= 0.3 is 0 Å². The molecule has 1 aromatic carbocycles. The molecule has 1 saturated heterocycles. The van der Waals surface area contributed by atoms with E-state index in [9.17, 15) is 10.4 Å². The number of morpholine rings is 1. The molecule has 2 aliphatic heterocycles. The quantitative estimate of drug-likeness (QED) is 0.752. The van der Waals surface area contributed by atoms with Crippen LogP contribution in [0.25, 0.3) is 0 Å². The zero-order valence-electron chi connectivity index (χ0n) is 17.7. The van der Waals surface area contributed by atoms with Crippen molar-refractivity contribution < 1.29 is 14.6 Å². The number of anilines is 1. The molecule has 3 heterocycles. The highest BCUT2D eigenvalue weighted by molar-refractivity contribution is 6.29. The number of nitrogens with zero attached hydrogens (tertiary/aromatic N) is 5. The molecule has 8 nitrogen and oxygen atoms in total. The number of nitriles is 1. The minimum Gasteiger partial charge on any atom is -0.485 e. The van der Waals surface area contributed by atoms with E-state index < -0.39 is 17.7 Å². The van der Waals surface area contributed by atoms with Gasteiger partial charge in [0.1, 0.15) is 17.5 Å². The Hall–Kier alpha value is -2.44. The van der Waals surface area contributed by atoms with Gasteiger partial charge in [0.15, 0.2) is 11.0 Å². The fourth-order valence-electron chi connectivity index (χ4n) is 4.11. The number of benzene rings is 1. The Balaban J connectivity index is 1.74. The second-order valence-corrected chi connectivity index (χ2v) is 8.71. The molecule has 9 heteroatoms. The van der Waals surface area contributed by atoms with Crippen molar-refractivity contribution in [2.75, 3.05) is 44.3 Å². The molecule has 0 saturated carbocycles. The van der Waals surface area contributed by atoms with E-state index in [1.807, 2.05) is 18.7 Å². The first-order valence-corrected chi connectivity index (χ1v) is 10.7. The van der Waals surface area contributed by atoms with E-state index in [4.69, 9.17) is 21.1 Å². The van der Waals surface area contributed by atoms with Crippen LogP contribution in [0.3, 0.4) is 0 Å². The number of hydrogen-bond donors (Lipinski definition) is 1. The molecule has 1 N–H and O–H groups in total. The molecule has 2 atom stereocenters. The highest BCUT2D eigenvalue weighted by Crippen LogP contribution is 2.44. The SMILES string of the molecule is CC1(C)Oc2ccc(C#N)cc2C(N(CCN2CCOCC2)c2ccc(Cl)nn2)[C@H]1O. The summed E-state index contributed by atoms with van der Waals surface area (Å²) in [5.41, 5.74) is 0.433. The second kappa shape index (κ2) is 8.97. The number of rotatable bonds is 5. The minimum atomic E-state index is -0.865. The summed E-state index contributed by atoms with van der Waals surface area (Å²) in [5, 5.41) is 29.4. The van der Waals surface area contributed by atoms with Crippen LogP contribution in [-0.4, -0.2) is 71.3 Å². The van der Waals surface area contributed by atoms with Crippen LogP contribution < -0.4 is 9.64 Å². The van der Waals surface area contributed by atoms with Crippen LogP contribution in [0.5, 0.6) is 5.75 Å². The zero-order chi connectivity index (χ0) is 22.0.